The Morgan fingerprint density at radius 2 is 1.79 bits per heavy atom. The van der Waals surface area contributed by atoms with E-state index in [1.165, 1.54) is 6.42 Å². The van der Waals surface area contributed by atoms with E-state index in [1.807, 2.05) is 72.8 Å². The molecule has 0 radical (unpaired) electrons. The van der Waals surface area contributed by atoms with Gasteiger partial charge in [0, 0.05) is 16.8 Å². The van der Waals surface area contributed by atoms with Gasteiger partial charge in [0.1, 0.15) is 6.61 Å². The molecule has 3 aromatic rings. The number of hydrogen-bond donors (Lipinski definition) is 1. The van der Waals surface area contributed by atoms with Gasteiger partial charge in [0.25, 0.3) is 5.91 Å². The second-order valence-corrected chi connectivity index (χ2v) is 11.9. The molecular weight excluding hydrogens is 551 g/mol. The van der Waals surface area contributed by atoms with E-state index >= 15 is 0 Å². The number of nitrogens with one attached hydrogen (secondary N) is 1. The van der Waals surface area contributed by atoms with Crippen LogP contribution in [0.2, 0.25) is 10.0 Å². The molecular formula is C31H32Cl2N2O3S. The zero-order valence-electron chi connectivity index (χ0n) is 22.0. The summed E-state index contributed by atoms with van der Waals surface area (Å²) in [4.78, 5) is 16.6. The van der Waals surface area contributed by atoms with E-state index in [0.717, 1.165) is 36.1 Å². The summed E-state index contributed by atoms with van der Waals surface area (Å²) in [5.41, 5.74) is 2.55. The number of rotatable bonds is 8. The Morgan fingerprint density at radius 3 is 2.51 bits per heavy atom. The molecule has 2 aliphatic rings. The van der Waals surface area contributed by atoms with Crippen LogP contribution in [0, 0.1) is 5.92 Å². The number of benzene rings is 3. The largest absolute Gasteiger partial charge is 0.493 e. The van der Waals surface area contributed by atoms with E-state index < -0.39 is 0 Å². The van der Waals surface area contributed by atoms with Crippen LogP contribution in [0.5, 0.6) is 11.5 Å². The van der Waals surface area contributed by atoms with Crippen molar-refractivity contribution in [3.8, 4) is 11.5 Å². The Labute approximate surface area is 244 Å². The van der Waals surface area contributed by atoms with Crippen molar-refractivity contribution in [2.24, 2.45) is 5.92 Å². The molecule has 0 aromatic heterocycles. The Morgan fingerprint density at radius 1 is 1.05 bits per heavy atom. The Kier molecular flexibility index (Phi) is 8.96. The second kappa shape index (κ2) is 12.6. The highest BCUT2D eigenvalue weighted by Crippen LogP contribution is 2.43. The predicted octanol–water partition coefficient (Wildman–Crippen LogP) is 8.47. The van der Waals surface area contributed by atoms with Gasteiger partial charge < -0.3 is 19.7 Å². The lowest BCUT2D eigenvalue weighted by molar-refractivity contribution is -0.129. The van der Waals surface area contributed by atoms with E-state index in [4.69, 9.17) is 32.7 Å². The lowest BCUT2D eigenvalue weighted by Crippen LogP contribution is -2.48. The minimum atomic E-state index is -0.184. The Bertz CT molecular complexity index is 1330. The van der Waals surface area contributed by atoms with Gasteiger partial charge in [-0.15, -0.1) is 0 Å². The number of carbonyl (C=O) groups is 1. The number of carbonyl (C=O) groups excluding carboxylic acids is 1. The highest BCUT2D eigenvalue weighted by atomic mass is 35.5. The number of methoxy groups -OCH3 is 1. The summed E-state index contributed by atoms with van der Waals surface area (Å²) in [6, 6.07) is 21.4. The molecule has 1 saturated heterocycles. The summed E-state index contributed by atoms with van der Waals surface area (Å²) in [6.45, 7) is 2.58. The van der Waals surface area contributed by atoms with Crippen molar-refractivity contribution in [2.75, 3.05) is 12.4 Å². The van der Waals surface area contributed by atoms with Gasteiger partial charge in [0.2, 0.25) is 0 Å². The predicted molar refractivity (Wildman–Crippen MR) is 161 cm³/mol. The molecule has 8 heteroatoms. The van der Waals surface area contributed by atoms with Gasteiger partial charge in [0.05, 0.1) is 17.0 Å². The lowest BCUT2D eigenvalue weighted by atomic mass is 9.85. The van der Waals surface area contributed by atoms with Crippen LogP contribution >= 0.6 is 35.0 Å². The fourth-order valence-corrected chi connectivity index (χ4v) is 6.83. The van der Waals surface area contributed by atoms with E-state index in [9.17, 15) is 4.79 Å². The molecule has 1 N–H and O–H groups in total. The van der Waals surface area contributed by atoms with E-state index in [-0.39, 0.29) is 17.4 Å². The highest BCUT2D eigenvalue weighted by molar-refractivity contribution is 8.05. The van der Waals surface area contributed by atoms with Gasteiger partial charge in [-0.3, -0.25) is 4.79 Å². The highest BCUT2D eigenvalue weighted by Gasteiger charge is 2.43. The van der Waals surface area contributed by atoms with Gasteiger partial charge in [-0.2, -0.15) is 0 Å². The number of anilines is 1. The first-order valence-electron chi connectivity index (χ1n) is 13.2. The van der Waals surface area contributed by atoms with Crippen LogP contribution < -0.4 is 14.8 Å². The fourth-order valence-electron chi connectivity index (χ4n) is 5.22. The van der Waals surface area contributed by atoms with E-state index in [0.29, 0.717) is 39.0 Å². The third-order valence-electron chi connectivity index (χ3n) is 7.27. The van der Waals surface area contributed by atoms with Crippen LogP contribution in [-0.4, -0.2) is 29.5 Å². The van der Waals surface area contributed by atoms with Crippen molar-refractivity contribution < 1.29 is 14.3 Å². The van der Waals surface area contributed by atoms with Crippen LogP contribution in [0.25, 0.3) is 6.08 Å². The lowest BCUT2D eigenvalue weighted by Gasteiger charge is -2.39. The first-order valence-corrected chi connectivity index (χ1v) is 14.8. The molecule has 1 unspecified atom stereocenters. The second-order valence-electron chi connectivity index (χ2n) is 9.98. The molecule has 2 fully saturated rings. The molecule has 1 amide bonds. The summed E-state index contributed by atoms with van der Waals surface area (Å²) < 4.78 is 11.6. The van der Waals surface area contributed by atoms with Gasteiger partial charge in [-0.1, -0.05) is 85.1 Å². The molecule has 1 saturated carbocycles. The van der Waals surface area contributed by atoms with Gasteiger partial charge in [0.15, 0.2) is 17.0 Å². The van der Waals surface area contributed by atoms with Gasteiger partial charge in [-0.25, -0.2) is 0 Å². The maximum absolute atomic E-state index is 13.8. The first-order chi connectivity index (χ1) is 18.9. The normalized spacial score (nSPS) is 22.3. The van der Waals surface area contributed by atoms with Crippen LogP contribution in [0.15, 0.2) is 71.6 Å². The maximum atomic E-state index is 13.8. The molecule has 3 aromatic carbocycles. The smallest absolute Gasteiger partial charge is 0.262 e. The van der Waals surface area contributed by atoms with Crippen molar-refractivity contribution in [3.63, 3.8) is 0 Å². The number of halogens is 2. The van der Waals surface area contributed by atoms with Gasteiger partial charge >= 0.3 is 0 Å². The molecule has 5 rings (SSSR count). The monoisotopic (exact) mass is 582 g/mol. The Balaban J connectivity index is 1.40. The van der Waals surface area contributed by atoms with Gasteiger partial charge in [-0.05, 0) is 72.4 Å². The molecule has 39 heavy (non-hydrogen) atoms. The molecule has 1 aliphatic heterocycles. The van der Waals surface area contributed by atoms with Crippen molar-refractivity contribution in [1.29, 1.82) is 0 Å². The molecule has 5 nitrogen and oxygen atoms in total. The molecule has 204 valence electrons. The summed E-state index contributed by atoms with van der Waals surface area (Å²) in [6.07, 6.45) is 6.42. The summed E-state index contributed by atoms with van der Waals surface area (Å²) in [5.74, 6) is 1.47. The molecule has 1 aliphatic carbocycles. The van der Waals surface area contributed by atoms with Crippen LogP contribution in [0.4, 0.5) is 5.69 Å². The third-order valence-corrected chi connectivity index (χ3v) is 8.92. The van der Waals surface area contributed by atoms with Crippen molar-refractivity contribution >= 4 is 52.6 Å². The number of para-hydroxylation sites is 1. The van der Waals surface area contributed by atoms with Crippen molar-refractivity contribution in [3.05, 3.63) is 92.8 Å². The maximum Gasteiger partial charge on any atom is 0.262 e. The summed E-state index contributed by atoms with van der Waals surface area (Å²) in [5, 5.41) is 4.67. The molecule has 0 spiro atoms. The number of nitrogens with zero attached hydrogens (tertiary/aromatic N) is 1. The zero-order valence-corrected chi connectivity index (χ0v) is 24.4. The average Bonchev–Trinajstić information content (AvgIpc) is 3.23. The van der Waals surface area contributed by atoms with Crippen molar-refractivity contribution in [2.45, 2.75) is 50.8 Å². The molecule has 1 heterocycles. The van der Waals surface area contributed by atoms with E-state index in [1.54, 1.807) is 18.9 Å². The minimum Gasteiger partial charge on any atom is -0.493 e. The number of thioether (sulfide) groups is 1. The quantitative estimate of drug-likeness (QED) is 0.270. The fraction of sp³-hybridized carbons (Fsp3) is 0.323. The SMILES string of the molecule is COc1cc(/C=C2\SC(Nc3ccccc3)N([C@@H]3CCCC[C@@H]3C)C2=O)cc(Cl)c1OCc1ccc(Cl)cc1. The summed E-state index contributed by atoms with van der Waals surface area (Å²) >= 11 is 14.2. The standard InChI is InChI=1S/C31H32Cl2N2O3S/c1-20-8-6-7-11-26(20)35-30(36)28(39-31(35)34-24-9-4-3-5-10-24)18-22-16-25(33)29(27(17-22)37-2)38-19-21-12-14-23(32)15-13-21/h3-5,9-10,12-18,20,26,31,34H,6-8,11,19H2,1-2H3/b28-18-/t20-,26+,31?/m0/s1. The number of ether oxygens (including phenoxy) is 2. The molecule has 0 bridgehead atoms. The van der Waals surface area contributed by atoms with Crippen LogP contribution in [0.3, 0.4) is 0 Å². The summed E-state index contributed by atoms with van der Waals surface area (Å²) in [7, 11) is 1.58. The van der Waals surface area contributed by atoms with Crippen LogP contribution in [0.1, 0.15) is 43.7 Å². The van der Waals surface area contributed by atoms with Crippen LogP contribution in [-0.2, 0) is 11.4 Å². The van der Waals surface area contributed by atoms with E-state index in [2.05, 4.69) is 17.1 Å². The molecule has 3 atom stereocenters. The average molecular weight is 584 g/mol. The third kappa shape index (κ3) is 6.51. The zero-order chi connectivity index (χ0) is 27.4. The van der Waals surface area contributed by atoms with Crippen molar-refractivity contribution in [1.82, 2.24) is 4.90 Å². The number of amides is 1. The first kappa shape index (κ1) is 27.8. The minimum absolute atomic E-state index is 0.0466. The number of hydrogen-bond acceptors (Lipinski definition) is 5. The Hall–Kier alpha value is -2.80. The topological polar surface area (TPSA) is 50.8 Å².